The van der Waals surface area contributed by atoms with Gasteiger partial charge in [-0.15, -0.1) is 10.2 Å². The summed E-state index contributed by atoms with van der Waals surface area (Å²) >= 11 is 5.27. The van der Waals surface area contributed by atoms with Crippen LogP contribution in [-0.4, -0.2) is 25.9 Å². The summed E-state index contributed by atoms with van der Waals surface area (Å²) < 4.78 is 2.26. The standard InChI is InChI=1S/C17H23N5S/c1-12(2)18-17(23)19-14-9-7-13(8-10-14)16-21-20-15-6-4-3-5-11-22(15)16/h7-10,12H,3-6,11H2,1-2H3,(H2,18,19,23). The minimum Gasteiger partial charge on any atom is -0.360 e. The molecule has 0 atom stereocenters. The highest BCUT2D eigenvalue weighted by molar-refractivity contribution is 7.80. The molecule has 2 heterocycles. The van der Waals surface area contributed by atoms with Crippen LogP contribution in [0.5, 0.6) is 0 Å². The highest BCUT2D eigenvalue weighted by atomic mass is 32.1. The molecule has 0 spiro atoms. The molecule has 1 aromatic carbocycles. The van der Waals surface area contributed by atoms with Crippen LogP contribution < -0.4 is 10.6 Å². The summed E-state index contributed by atoms with van der Waals surface area (Å²) in [5, 5.41) is 15.8. The zero-order valence-corrected chi connectivity index (χ0v) is 14.5. The van der Waals surface area contributed by atoms with Gasteiger partial charge in [0.1, 0.15) is 5.82 Å². The first-order chi connectivity index (χ1) is 11.1. The van der Waals surface area contributed by atoms with Crippen LogP contribution in [0.1, 0.15) is 38.9 Å². The van der Waals surface area contributed by atoms with Gasteiger partial charge >= 0.3 is 0 Å². The molecule has 1 aromatic heterocycles. The lowest BCUT2D eigenvalue weighted by atomic mass is 10.2. The van der Waals surface area contributed by atoms with Crippen molar-refractivity contribution < 1.29 is 0 Å². The maximum Gasteiger partial charge on any atom is 0.170 e. The lowest BCUT2D eigenvalue weighted by Crippen LogP contribution is -2.33. The van der Waals surface area contributed by atoms with E-state index in [1.807, 2.05) is 12.1 Å². The van der Waals surface area contributed by atoms with Crippen molar-refractivity contribution >= 4 is 23.0 Å². The second-order valence-corrected chi connectivity index (χ2v) is 6.64. The van der Waals surface area contributed by atoms with Crippen LogP contribution in [0.2, 0.25) is 0 Å². The second-order valence-electron chi connectivity index (χ2n) is 6.23. The van der Waals surface area contributed by atoms with Gasteiger partial charge in [0.15, 0.2) is 10.9 Å². The number of nitrogens with zero attached hydrogens (tertiary/aromatic N) is 3. The molecular formula is C17H23N5S. The molecule has 3 rings (SSSR count). The molecule has 0 saturated carbocycles. The number of hydrogen-bond acceptors (Lipinski definition) is 3. The van der Waals surface area contributed by atoms with Crippen LogP contribution in [0.3, 0.4) is 0 Å². The quantitative estimate of drug-likeness (QED) is 0.846. The summed E-state index contributed by atoms with van der Waals surface area (Å²) in [4.78, 5) is 0. The van der Waals surface area contributed by atoms with E-state index in [4.69, 9.17) is 12.2 Å². The topological polar surface area (TPSA) is 54.8 Å². The monoisotopic (exact) mass is 329 g/mol. The minimum absolute atomic E-state index is 0.320. The molecule has 0 bridgehead atoms. The third-order valence-electron chi connectivity index (χ3n) is 3.93. The molecule has 0 fully saturated rings. The highest BCUT2D eigenvalue weighted by Crippen LogP contribution is 2.23. The Morgan fingerprint density at radius 3 is 2.65 bits per heavy atom. The summed E-state index contributed by atoms with van der Waals surface area (Å²) in [6, 6.07) is 8.52. The third kappa shape index (κ3) is 3.88. The Hall–Kier alpha value is -1.95. The molecule has 1 aliphatic heterocycles. The zero-order valence-electron chi connectivity index (χ0n) is 13.7. The maximum atomic E-state index is 5.27. The SMILES string of the molecule is CC(C)NC(=S)Nc1ccc(-c2nnc3n2CCCCC3)cc1. The molecule has 1 aliphatic rings. The van der Waals surface area contributed by atoms with E-state index in [9.17, 15) is 0 Å². The molecule has 2 N–H and O–H groups in total. The number of fused-ring (bicyclic) bond motifs is 1. The Balaban J connectivity index is 1.75. The Labute approximate surface area is 142 Å². The first kappa shape index (κ1) is 15.9. The van der Waals surface area contributed by atoms with Crippen molar-refractivity contribution in [3.8, 4) is 11.4 Å². The Kier molecular flexibility index (Phi) is 4.91. The minimum atomic E-state index is 0.320. The van der Waals surface area contributed by atoms with Crippen LogP contribution in [0.25, 0.3) is 11.4 Å². The van der Waals surface area contributed by atoms with E-state index in [1.54, 1.807) is 0 Å². The van der Waals surface area contributed by atoms with Gasteiger partial charge in [-0.3, -0.25) is 0 Å². The fourth-order valence-electron chi connectivity index (χ4n) is 2.83. The number of rotatable bonds is 3. The van der Waals surface area contributed by atoms with Crippen LogP contribution in [0.4, 0.5) is 5.69 Å². The molecule has 5 nitrogen and oxygen atoms in total. The Bertz CT molecular complexity index is 675. The van der Waals surface area contributed by atoms with E-state index < -0.39 is 0 Å². The number of hydrogen-bond donors (Lipinski definition) is 2. The lowest BCUT2D eigenvalue weighted by Gasteiger charge is -2.13. The highest BCUT2D eigenvalue weighted by Gasteiger charge is 2.15. The predicted octanol–water partition coefficient (Wildman–Crippen LogP) is 3.37. The number of aromatic nitrogens is 3. The normalized spacial score (nSPS) is 14.2. The maximum absolute atomic E-state index is 5.27. The average Bonchev–Trinajstić information content (AvgIpc) is 2.76. The fraction of sp³-hybridized carbons (Fsp3) is 0.471. The van der Waals surface area contributed by atoms with Gasteiger partial charge in [0, 0.05) is 30.3 Å². The molecular weight excluding hydrogens is 306 g/mol. The molecule has 23 heavy (non-hydrogen) atoms. The van der Waals surface area contributed by atoms with Crippen molar-refractivity contribution in [1.82, 2.24) is 20.1 Å². The van der Waals surface area contributed by atoms with Gasteiger partial charge in [-0.2, -0.15) is 0 Å². The summed E-state index contributed by atoms with van der Waals surface area (Å²) in [6.07, 6.45) is 4.71. The Morgan fingerprint density at radius 1 is 1.13 bits per heavy atom. The second kappa shape index (κ2) is 7.08. The first-order valence-electron chi connectivity index (χ1n) is 8.23. The Morgan fingerprint density at radius 2 is 1.91 bits per heavy atom. The number of anilines is 1. The van der Waals surface area contributed by atoms with E-state index in [-0.39, 0.29) is 0 Å². The average molecular weight is 329 g/mol. The van der Waals surface area contributed by atoms with Gasteiger partial charge in [0.25, 0.3) is 0 Å². The third-order valence-corrected chi connectivity index (χ3v) is 4.15. The molecule has 0 unspecified atom stereocenters. The van der Waals surface area contributed by atoms with Crippen molar-refractivity contribution in [3.05, 3.63) is 30.1 Å². The smallest absolute Gasteiger partial charge is 0.170 e. The lowest BCUT2D eigenvalue weighted by molar-refractivity contribution is 0.636. The zero-order chi connectivity index (χ0) is 16.2. The van der Waals surface area contributed by atoms with Crippen molar-refractivity contribution in [2.24, 2.45) is 0 Å². The van der Waals surface area contributed by atoms with Gasteiger partial charge in [0.05, 0.1) is 0 Å². The summed E-state index contributed by atoms with van der Waals surface area (Å²) in [7, 11) is 0. The van der Waals surface area contributed by atoms with E-state index in [0.29, 0.717) is 11.2 Å². The van der Waals surface area contributed by atoms with E-state index in [0.717, 1.165) is 35.9 Å². The molecule has 0 aliphatic carbocycles. The first-order valence-corrected chi connectivity index (χ1v) is 8.64. The number of benzene rings is 1. The van der Waals surface area contributed by atoms with Crippen molar-refractivity contribution in [2.75, 3.05) is 5.32 Å². The van der Waals surface area contributed by atoms with Crippen molar-refractivity contribution in [1.29, 1.82) is 0 Å². The van der Waals surface area contributed by atoms with Crippen LogP contribution in [0, 0.1) is 0 Å². The van der Waals surface area contributed by atoms with Gasteiger partial charge in [0.2, 0.25) is 0 Å². The number of nitrogens with one attached hydrogen (secondary N) is 2. The fourth-order valence-corrected chi connectivity index (χ4v) is 3.18. The largest absolute Gasteiger partial charge is 0.360 e. The van der Waals surface area contributed by atoms with Crippen LogP contribution in [0.15, 0.2) is 24.3 Å². The van der Waals surface area contributed by atoms with Crippen LogP contribution in [-0.2, 0) is 13.0 Å². The number of thiocarbonyl (C=S) groups is 1. The number of aryl methyl sites for hydroxylation is 1. The van der Waals surface area contributed by atoms with E-state index >= 15 is 0 Å². The van der Waals surface area contributed by atoms with E-state index in [2.05, 4.69) is 51.4 Å². The molecule has 122 valence electrons. The van der Waals surface area contributed by atoms with Gasteiger partial charge < -0.3 is 15.2 Å². The summed E-state index contributed by atoms with van der Waals surface area (Å²) in [5.41, 5.74) is 2.07. The molecule has 6 heteroatoms. The van der Waals surface area contributed by atoms with Crippen LogP contribution >= 0.6 is 12.2 Å². The molecule has 2 aromatic rings. The van der Waals surface area contributed by atoms with Gasteiger partial charge in [-0.1, -0.05) is 6.42 Å². The van der Waals surface area contributed by atoms with Gasteiger partial charge in [-0.05, 0) is 63.2 Å². The molecule has 0 saturated heterocycles. The summed E-state index contributed by atoms with van der Waals surface area (Å²) in [5.74, 6) is 2.08. The predicted molar refractivity (Wildman–Crippen MR) is 97.5 cm³/mol. The molecule has 0 radical (unpaired) electrons. The molecule has 0 amide bonds. The summed E-state index contributed by atoms with van der Waals surface area (Å²) in [6.45, 7) is 5.14. The van der Waals surface area contributed by atoms with Crippen molar-refractivity contribution in [2.45, 2.75) is 52.1 Å². The van der Waals surface area contributed by atoms with Gasteiger partial charge in [-0.25, -0.2) is 0 Å². The van der Waals surface area contributed by atoms with E-state index in [1.165, 1.54) is 19.3 Å². The van der Waals surface area contributed by atoms with Crippen molar-refractivity contribution in [3.63, 3.8) is 0 Å².